The van der Waals surface area contributed by atoms with Gasteiger partial charge in [0.15, 0.2) is 0 Å². The predicted molar refractivity (Wildman–Crippen MR) is 160 cm³/mol. The van der Waals surface area contributed by atoms with E-state index in [1.807, 2.05) is 0 Å². The van der Waals surface area contributed by atoms with Gasteiger partial charge in [-0.1, -0.05) is 0 Å². The van der Waals surface area contributed by atoms with Crippen LogP contribution in [0.2, 0.25) is 0 Å². The average molecular weight is 709 g/mol. The first kappa shape index (κ1) is 32.7. The van der Waals surface area contributed by atoms with Crippen LogP contribution in [0.15, 0.2) is 8.83 Å². The van der Waals surface area contributed by atoms with Crippen molar-refractivity contribution < 1.29 is 45.6 Å². The van der Waals surface area contributed by atoms with Gasteiger partial charge in [-0.25, -0.2) is 9.59 Å². The lowest BCUT2D eigenvalue weighted by Gasteiger charge is -2.35. The highest BCUT2D eigenvalue weighted by Crippen LogP contribution is 2.63. The molecule has 4 bridgehead atoms. The molecule has 0 radical (unpaired) electrons. The first-order valence-electron chi connectivity index (χ1n) is 16.4. The molecule has 2 aliphatic carbocycles. The molecule has 8 rings (SSSR count). The van der Waals surface area contributed by atoms with Gasteiger partial charge < -0.3 is 38.6 Å². The van der Waals surface area contributed by atoms with E-state index < -0.39 is 69.7 Å². The van der Waals surface area contributed by atoms with Gasteiger partial charge in [0.25, 0.3) is 0 Å². The van der Waals surface area contributed by atoms with Gasteiger partial charge in [-0.05, 0) is 77.5 Å². The maximum Gasteiger partial charge on any atom is 0.442 e. The molecule has 2 spiro atoms. The van der Waals surface area contributed by atoms with Crippen LogP contribution in [0.1, 0.15) is 86.4 Å². The Balaban J connectivity index is 0.977. The summed E-state index contributed by atoms with van der Waals surface area (Å²) < 4.78 is 49.4. The standard InChI is InChI=1S/C28H40N10O10S/c1-33(2)11-17(39)23-31-29-21(45-23)15-9-27(5-6-27)19-13-35(15)25(41)37(19)47-49(43,44)48-38-20-14-36(26(38)42)16(10-28(20)7-8-28)22-30-32-24(46-22)18(40)12-34(3)4/h15-20,39-40H,5-14H2,1-4H3/t15-,16-,17-,18-,19-,20-/m0/s1. The minimum absolute atomic E-state index is 0.0276. The molecule has 0 aromatic carbocycles. The van der Waals surface area contributed by atoms with Gasteiger partial charge in [0, 0.05) is 26.2 Å². The summed E-state index contributed by atoms with van der Waals surface area (Å²) in [7, 11) is 2.22. The van der Waals surface area contributed by atoms with E-state index in [0.717, 1.165) is 35.8 Å². The Morgan fingerprint density at radius 3 is 1.49 bits per heavy atom. The van der Waals surface area contributed by atoms with Crippen LogP contribution >= 0.6 is 0 Å². The first-order valence-corrected chi connectivity index (χ1v) is 17.7. The van der Waals surface area contributed by atoms with Crippen molar-refractivity contribution in [3.05, 3.63) is 23.6 Å². The van der Waals surface area contributed by atoms with Crippen molar-refractivity contribution in [1.82, 2.24) is 50.1 Å². The Morgan fingerprint density at radius 2 is 1.14 bits per heavy atom. The number of rotatable bonds is 12. The summed E-state index contributed by atoms with van der Waals surface area (Å²) >= 11 is 0. The second-order valence-electron chi connectivity index (χ2n) is 14.8. The highest BCUT2D eigenvalue weighted by molar-refractivity contribution is 7.81. The molecule has 2 aromatic heterocycles. The molecule has 268 valence electrons. The summed E-state index contributed by atoms with van der Waals surface area (Å²) in [5.41, 5.74) is -0.862. The maximum atomic E-state index is 13.7. The maximum absolute atomic E-state index is 13.7. The molecule has 4 saturated heterocycles. The summed E-state index contributed by atoms with van der Waals surface area (Å²) in [5.74, 6) is 0.362. The van der Waals surface area contributed by atoms with Crippen molar-refractivity contribution in [2.24, 2.45) is 10.8 Å². The summed E-state index contributed by atoms with van der Waals surface area (Å²) in [6, 6.07) is -3.85. The first-order chi connectivity index (χ1) is 23.2. The Morgan fingerprint density at radius 1 is 0.755 bits per heavy atom. The third-order valence-electron chi connectivity index (χ3n) is 10.8. The minimum Gasteiger partial charge on any atom is -0.420 e. The summed E-state index contributed by atoms with van der Waals surface area (Å²) in [6.07, 6.45) is 1.79. The number of nitrogens with zero attached hydrogens (tertiary/aromatic N) is 10. The van der Waals surface area contributed by atoms with Crippen molar-refractivity contribution in [3.8, 4) is 0 Å². The Bertz CT molecular complexity index is 1620. The Kier molecular flexibility index (Phi) is 7.52. The number of hydrogen-bond acceptors (Lipinski definition) is 16. The van der Waals surface area contributed by atoms with Gasteiger partial charge in [0.1, 0.15) is 24.3 Å². The molecular formula is C28H40N10O10S. The highest BCUT2D eigenvalue weighted by atomic mass is 32.3. The molecule has 6 heterocycles. The van der Waals surface area contributed by atoms with Gasteiger partial charge >= 0.3 is 22.5 Å². The van der Waals surface area contributed by atoms with Gasteiger partial charge in [0.05, 0.1) is 12.1 Å². The number of piperidine rings is 2. The zero-order valence-corrected chi connectivity index (χ0v) is 28.4. The van der Waals surface area contributed by atoms with E-state index in [1.165, 1.54) is 9.80 Å². The second kappa shape index (κ2) is 11.3. The molecule has 2 aromatic rings. The van der Waals surface area contributed by atoms with Gasteiger partial charge in [-0.15, -0.1) is 29.0 Å². The normalized spacial score (nSPS) is 29.3. The molecule has 20 nitrogen and oxygen atoms in total. The number of urea groups is 2. The monoisotopic (exact) mass is 708 g/mol. The van der Waals surface area contributed by atoms with E-state index >= 15 is 0 Å². The van der Waals surface area contributed by atoms with Crippen LogP contribution in [0, 0.1) is 10.8 Å². The largest absolute Gasteiger partial charge is 0.442 e. The molecule has 6 fully saturated rings. The number of carbonyl (C=O) groups excluding carboxylic acids is 2. The number of aliphatic hydroxyl groups is 2. The number of hydroxylamine groups is 4. The summed E-state index contributed by atoms with van der Waals surface area (Å²) in [4.78, 5) is 33.8. The average Bonchev–Trinajstić information content (AvgIpc) is 3.71. The molecule has 6 atom stereocenters. The van der Waals surface area contributed by atoms with Crippen molar-refractivity contribution in [2.45, 2.75) is 74.9 Å². The lowest BCUT2D eigenvalue weighted by Crippen LogP contribution is -2.45. The van der Waals surface area contributed by atoms with Crippen LogP contribution in [-0.2, 0) is 19.0 Å². The SMILES string of the molecule is CN(C)C[C@H](O)c1nnc([C@@H]2CC3(CC3)[C@@H]3CN2C(=O)N3OS(=O)(=O)ON2C(=O)N3C[C@H]2C2(CC2)C[C@H]3c2nnc([C@@H](O)CN(C)C)o2)o1. The van der Waals surface area contributed by atoms with E-state index in [9.17, 15) is 28.2 Å². The van der Waals surface area contributed by atoms with Crippen molar-refractivity contribution in [1.29, 1.82) is 0 Å². The molecule has 4 amide bonds. The van der Waals surface area contributed by atoms with E-state index in [4.69, 9.17) is 17.4 Å². The minimum atomic E-state index is -4.96. The lowest BCUT2D eigenvalue weighted by molar-refractivity contribution is -0.101. The lowest BCUT2D eigenvalue weighted by atomic mass is 9.85. The van der Waals surface area contributed by atoms with E-state index in [-0.39, 0.29) is 49.7 Å². The smallest absolute Gasteiger partial charge is 0.420 e. The topological polar surface area (TPSA) is 224 Å². The van der Waals surface area contributed by atoms with Crippen molar-refractivity contribution in [3.63, 3.8) is 0 Å². The van der Waals surface area contributed by atoms with E-state index in [0.29, 0.717) is 12.8 Å². The number of carbonyl (C=O) groups is 2. The molecule has 4 aliphatic heterocycles. The van der Waals surface area contributed by atoms with Crippen LogP contribution in [0.25, 0.3) is 0 Å². The van der Waals surface area contributed by atoms with Gasteiger partial charge in [0.2, 0.25) is 23.6 Å². The van der Waals surface area contributed by atoms with Crippen LogP contribution in [0.3, 0.4) is 0 Å². The summed E-state index contributed by atoms with van der Waals surface area (Å²) in [5, 5.41) is 38.8. The third kappa shape index (κ3) is 5.54. The Labute approximate surface area is 281 Å². The zero-order chi connectivity index (χ0) is 34.6. The van der Waals surface area contributed by atoms with E-state index in [1.54, 1.807) is 38.0 Å². The fourth-order valence-corrected chi connectivity index (χ4v) is 8.72. The predicted octanol–water partition coefficient (Wildman–Crippen LogP) is 0.113. The van der Waals surface area contributed by atoms with Gasteiger partial charge in [-0.2, -0.15) is 18.5 Å². The Hall–Kier alpha value is -3.47. The number of fused-ring (bicyclic) bond motifs is 6. The quantitative estimate of drug-likeness (QED) is 0.298. The third-order valence-corrected chi connectivity index (χ3v) is 11.5. The number of aromatic nitrogens is 4. The molecule has 49 heavy (non-hydrogen) atoms. The number of likely N-dealkylation sites (N-methyl/N-ethyl adjacent to an activating group) is 2. The molecule has 0 unspecified atom stereocenters. The van der Waals surface area contributed by atoms with Gasteiger partial charge in [-0.3, -0.25) is 0 Å². The fraction of sp³-hybridized carbons (Fsp3) is 0.786. The number of hydrogen-bond donors (Lipinski definition) is 2. The molecule has 2 N–H and O–H groups in total. The van der Waals surface area contributed by atoms with Crippen molar-refractivity contribution in [2.75, 3.05) is 54.4 Å². The highest BCUT2D eigenvalue weighted by Gasteiger charge is 2.67. The number of aliphatic hydroxyl groups excluding tert-OH is 2. The number of amides is 4. The molecule has 2 saturated carbocycles. The molecular weight excluding hydrogens is 668 g/mol. The summed E-state index contributed by atoms with van der Waals surface area (Å²) in [6.45, 7) is 0.852. The van der Waals surface area contributed by atoms with Crippen LogP contribution in [-0.4, -0.2) is 147 Å². The molecule has 6 aliphatic rings. The molecule has 21 heteroatoms. The zero-order valence-electron chi connectivity index (χ0n) is 27.6. The van der Waals surface area contributed by atoms with Crippen LogP contribution < -0.4 is 0 Å². The van der Waals surface area contributed by atoms with E-state index in [2.05, 4.69) is 20.4 Å². The van der Waals surface area contributed by atoms with Crippen LogP contribution in [0.5, 0.6) is 0 Å². The van der Waals surface area contributed by atoms with Crippen molar-refractivity contribution >= 4 is 22.5 Å². The van der Waals surface area contributed by atoms with Crippen LogP contribution in [0.4, 0.5) is 9.59 Å². The second-order valence-corrected chi connectivity index (χ2v) is 15.9. The fourth-order valence-electron chi connectivity index (χ4n) is 7.96.